The minimum absolute atomic E-state index is 0.00721. The maximum atomic E-state index is 11.9. The minimum atomic E-state index is -0.395. The molecule has 1 aliphatic heterocycles. The lowest BCUT2D eigenvalue weighted by Crippen LogP contribution is -2.48. The van der Waals surface area contributed by atoms with Crippen LogP contribution in [0.5, 0.6) is 5.75 Å². The van der Waals surface area contributed by atoms with Crippen molar-refractivity contribution in [1.82, 2.24) is 15.8 Å². The number of nitrogens with zero attached hydrogens (tertiary/aromatic N) is 1. The smallest absolute Gasteiger partial charge is 0.257 e. The second-order valence-corrected chi connectivity index (χ2v) is 5.75. The van der Waals surface area contributed by atoms with E-state index in [-0.39, 0.29) is 24.8 Å². The lowest BCUT2D eigenvalue weighted by molar-refractivity contribution is -0.136. The van der Waals surface area contributed by atoms with Gasteiger partial charge in [0.05, 0.1) is 13.5 Å². The number of carbonyl (C=O) groups is 3. The number of benzene rings is 1. The molecule has 3 amide bonds. The number of hydrazine groups is 1. The molecule has 7 heteroatoms. The third-order valence-electron chi connectivity index (χ3n) is 3.87. The van der Waals surface area contributed by atoms with Gasteiger partial charge in [-0.3, -0.25) is 25.2 Å². The Morgan fingerprint density at radius 3 is 2.50 bits per heavy atom. The number of rotatable bonds is 5. The summed E-state index contributed by atoms with van der Waals surface area (Å²) in [6, 6.07) is 7.12. The number of carbonyl (C=O) groups excluding carboxylic acids is 3. The van der Waals surface area contributed by atoms with Crippen LogP contribution in [0, 0.1) is 0 Å². The zero-order chi connectivity index (χ0) is 17.4. The Kier molecular flexibility index (Phi) is 6.60. The van der Waals surface area contributed by atoms with E-state index in [1.165, 1.54) is 4.90 Å². The summed E-state index contributed by atoms with van der Waals surface area (Å²) < 4.78 is 5.05. The van der Waals surface area contributed by atoms with Crippen molar-refractivity contribution in [3.8, 4) is 5.75 Å². The second kappa shape index (κ2) is 8.90. The molecule has 0 radical (unpaired) electrons. The highest BCUT2D eigenvalue weighted by Crippen LogP contribution is 2.12. The number of likely N-dealkylation sites (tertiary alicyclic amines) is 1. The highest BCUT2D eigenvalue weighted by molar-refractivity contribution is 5.87. The SMILES string of the molecule is COc1ccc(CC(=O)NNC(=O)CN2CCCCCC2=O)cc1. The molecule has 1 heterocycles. The normalized spacial score (nSPS) is 14.7. The Labute approximate surface area is 141 Å². The lowest BCUT2D eigenvalue weighted by atomic mass is 10.1. The highest BCUT2D eigenvalue weighted by atomic mass is 16.5. The largest absolute Gasteiger partial charge is 0.497 e. The fourth-order valence-corrected chi connectivity index (χ4v) is 2.53. The number of methoxy groups -OCH3 is 1. The summed E-state index contributed by atoms with van der Waals surface area (Å²) in [4.78, 5) is 37.1. The first-order chi connectivity index (χ1) is 11.6. The molecular formula is C17H23N3O4. The Morgan fingerprint density at radius 2 is 1.79 bits per heavy atom. The van der Waals surface area contributed by atoms with Crippen molar-refractivity contribution in [1.29, 1.82) is 0 Å². The number of nitrogens with one attached hydrogen (secondary N) is 2. The Bertz CT molecular complexity index is 586. The molecule has 2 N–H and O–H groups in total. The van der Waals surface area contributed by atoms with Gasteiger partial charge in [-0.1, -0.05) is 18.6 Å². The molecule has 1 aliphatic rings. The average Bonchev–Trinajstić information content (AvgIpc) is 2.78. The van der Waals surface area contributed by atoms with Crippen molar-refractivity contribution >= 4 is 17.7 Å². The van der Waals surface area contributed by atoms with Crippen LogP contribution in [0.3, 0.4) is 0 Å². The van der Waals surface area contributed by atoms with Gasteiger partial charge in [0, 0.05) is 13.0 Å². The summed E-state index contributed by atoms with van der Waals surface area (Å²) in [6.07, 6.45) is 3.41. The van der Waals surface area contributed by atoms with Gasteiger partial charge in [0.1, 0.15) is 12.3 Å². The zero-order valence-electron chi connectivity index (χ0n) is 13.8. The molecule has 0 spiro atoms. The molecule has 1 saturated heterocycles. The molecule has 130 valence electrons. The van der Waals surface area contributed by atoms with E-state index in [1.54, 1.807) is 31.4 Å². The molecule has 0 aromatic heterocycles. The van der Waals surface area contributed by atoms with Crippen molar-refractivity contribution in [2.45, 2.75) is 32.1 Å². The minimum Gasteiger partial charge on any atom is -0.497 e. The van der Waals surface area contributed by atoms with E-state index in [2.05, 4.69) is 10.9 Å². The molecule has 1 fully saturated rings. The first-order valence-corrected chi connectivity index (χ1v) is 8.07. The summed E-state index contributed by atoms with van der Waals surface area (Å²) in [5.41, 5.74) is 5.54. The van der Waals surface area contributed by atoms with Crippen LogP contribution < -0.4 is 15.6 Å². The van der Waals surface area contributed by atoms with Crippen LogP contribution in [0.25, 0.3) is 0 Å². The van der Waals surface area contributed by atoms with Crippen molar-refractivity contribution in [3.05, 3.63) is 29.8 Å². The topological polar surface area (TPSA) is 87.7 Å². The number of amides is 3. The second-order valence-electron chi connectivity index (χ2n) is 5.75. The van der Waals surface area contributed by atoms with Crippen LogP contribution in [0.1, 0.15) is 31.2 Å². The monoisotopic (exact) mass is 333 g/mol. The molecular weight excluding hydrogens is 310 g/mol. The summed E-state index contributed by atoms with van der Waals surface area (Å²) >= 11 is 0. The standard InChI is InChI=1S/C17H23N3O4/c1-24-14-8-6-13(7-9-14)11-15(21)18-19-16(22)12-20-10-4-2-3-5-17(20)23/h6-9H,2-5,10-12H2,1H3,(H,18,21)(H,19,22). The van der Waals surface area contributed by atoms with Gasteiger partial charge >= 0.3 is 0 Å². The van der Waals surface area contributed by atoms with E-state index in [4.69, 9.17) is 4.74 Å². The van der Waals surface area contributed by atoms with Crippen LogP contribution in [0.2, 0.25) is 0 Å². The van der Waals surface area contributed by atoms with E-state index >= 15 is 0 Å². The first-order valence-electron chi connectivity index (χ1n) is 8.07. The van der Waals surface area contributed by atoms with E-state index in [0.29, 0.717) is 13.0 Å². The first kappa shape index (κ1) is 17.8. The Morgan fingerprint density at radius 1 is 1.08 bits per heavy atom. The third kappa shape index (κ3) is 5.57. The van der Waals surface area contributed by atoms with Gasteiger partial charge in [0.15, 0.2) is 0 Å². The van der Waals surface area contributed by atoms with Gasteiger partial charge in [-0.05, 0) is 30.5 Å². The van der Waals surface area contributed by atoms with Gasteiger partial charge in [-0.2, -0.15) is 0 Å². The predicted molar refractivity (Wildman–Crippen MR) is 88.0 cm³/mol. The maximum Gasteiger partial charge on any atom is 0.257 e. The fraction of sp³-hybridized carbons (Fsp3) is 0.471. The summed E-state index contributed by atoms with van der Waals surface area (Å²) in [7, 11) is 1.58. The van der Waals surface area contributed by atoms with Crippen molar-refractivity contribution < 1.29 is 19.1 Å². The molecule has 24 heavy (non-hydrogen) atoms. The molecule has 0 atom stereocenters. The molecule has 1 aromatic rings. The van der Waals surface area contributed by atoms with Crippen LogP contribution in [0.4, 0.5) is 0 Å². The maximum absolute atomic E-state index is 11.9. The molecule has 0 bridgehead atoms. The van der Waals surface area contributed by atoms with Crippen LogP contribution >= 0.6 is 0 Å². The van der Waals surface area contributed by atoms with Gasteiger partial charge in [-0.25, -0.2) is 0 Å². The van der Waals surface area contributed by atoms with Crippen LogP contribution in [0.15, 0.2) is 24.3 Å². The quantitative estimate of drug-likeness (QED) is 0.780. The van der Waals surface area contributed by atoms with Gasteiger partial charge < -0.3 is 9.64 Å². The zero-order valence-corrected chi connectivity index (χ0v) is 13.8. The third-order valence-corrected chi connectivity index (χ3v) is 3.87. The highest BCUT2D eigenvalue weighted by Gasteiger charge is 2.19. The molecule has 0 aliphatic carbocycles. The molecule has 2 rings (SSSR count). The predicted octanol–water partition coefficient (Wildman–Crippen LogP) is 0.788. The average molecular weight is 333 g/mol. The van der Waals surface area contributed by atoms with Crippen molar-refractivity contribution in [2.24, 2.45) is 0 Å². The van der Waals surface area contributed by atoms with Crippen molar-refractivity contribution in [3.63, 3.8) is 0 Å². The van der Waals surface area contributed by atoms with Gasteiger partial charge in [-0.15, -0.1) is 0 Å². The van der Waals surface area contributed by atoms with E-state index in [1.807, 2.05) is 0 Å². The summed E-state index contributed by atoms with van der Waals surface area (Å²) in [5.74, 6) is -0.00849. The van der Waals surface area contributed by atoms with Crippen LogP contribution in [-0.2, 0) is 20.8 Å². The summed E-state index contributed by atoms with van der Waals surface area (Å²) in [6.45, 7) is 0.563. The van der Waals surface area contributed by atoms with Crippen LogP contribution in [-0.4, -0.2) is 42.8 Å². The van der Waals surface area contributed by atoms with E-state index in [9.17, 15) is 14.4 Å². The molecule has 7 nitrogen and oxygen atoms in total. The van der Waals surface area contributed by atoms with E-state index < -0.39 is 5.91 Å². The molecule has 0 unspecified atom stereocenters. The number of ether oxygens (including phenoxy) is 1. The summed E-state index contributed by atoms with van der Waals surface area (Å²) in [5, 5.41) is 0. The number of hydrogen-bond acceptors (Lipinski definition) is 4. The Balaban J connectivity index is 1.73. The Hall–Kier alpha value is -2.57. The molecule has 1 aromatic carbocycles. The fourth-order valence-electron chi connectivity index (χ4n) is 2.53. The number of hydrogen-bond donors (Lipinski definition) is 2. The molecule has 0 saturated carbocycles. The van der Waals surface area contributed by atoms with Gasteiger partial charge in [0.25, 0.3) is 5.91 Å². The van der Waals surface area contributed by atoms with Gasteiger partial charge in [0.2, 0.25) is 11.8 Å². The van der Waals surface area contributed by atoms with E-state index in [0.717, 1.165) is 30.6 Å². The lowest BCUT2D eigenvalue weighted by Gasteiger charge is -2.19. The van der Waals surface area contributed by atoms with Crippen molar-refractivity contribution in [2.75, 3.05) is 20.2 Å².